The van der Waals surface area contributed by atoms with Gasteiger partial charge >= 0.3 is 0 Å². The number of rotatable bonds is 3. The summed E-state index contributed by atoms with van der Waals surface area (Å²) in [6.07, 6.45) is 2.43. The first kappa shape index (κ1) is 16.2. The number of likely N-dealkylation sites (tertiary alicyclic amines) is 1. The van der Waals surface area contributed by atoms with Crippen molar-refractivity contribution in [1.29, 1.82) is 0 Å². The van der Waals surface area contributed by atoms with Gasteiger partial charge in [-0.1, -0.05) is 18.2 Å². The lowest BCUT2D eigenvalue weighted by atomic mass is 9.86. The van der Waals surface area contributed by atoms with E-state index in [1.54, 1.807) is 12.1 Å². The van der Waals surface area contributed by atoms with Crippen molar-refractivity contribution in [2.45, 2.75) is 25.8 Å². The zero-order chi connectivity index (χ0) is 14.2. The minimum Gasteiger partial charge on any atom is -0.316 e. The molecule has 1 spiro atoms. The Labute approximate surface area is 131 Å². The minimum atomic E-state index is -0.269. The van der Waals surface area contributed by atoms with E-state index in [0.717, 1.165) is 31.7 Å². The summed E-state index contributed by atoms with van der Waals surface area (Å²) in [5.41, 5.74) is 1.48. The molecule has 21 heavy (non-hydrogen) atoms. The first-order valence-electron chi connectivity index (χ1n) is 7.29. The van der Waals surface area contributed by atoms with Gasteiger partial charge < -0.3 is 5.32 Å². The maximum Gasteiger partial charge on any atom is 0.274 e. The smallest absolute Gasteiger partial charge is 0.274 e. The number of nitro benzene ring substituents is 1. The number of halogens is 1. The van der Waals surface area contributed by atoms with Crippen molar-refractivity contribution < 1.29 is 4.92 Å². The molecule has 0 aromatic heterocycles. The van der Waals surface area contributed by atoms with Crippen molar-refractivity contribution in [2.75, 3.05) is 26.2 Å². The van der Waals surface area contributed by atoms with E-state index in [0.29, 0.717) is 5.41 Å². The molecular weight excluding hydrogens is 290 g/mol. The SMILES string of the molecule is CC(c1ccccc1[N+](=O)[O-])N1CCC2(CCNC2)C1.Cl. The Morgan fingerprint density at radius 3 is 2.81 bits per heavy atom. The summed E-state index contributed by atoms with van der Waals surface area (Å²) < 4.78 is 0. The summed E-state index contributed by atoms with van der Waals surface area (Å²) in [7, 11) is 0. The molecule has 0 bridgehead atoms. The predicted molar refractivity (Wildman–Crippen MR) is 84.9 cm³/mol. The lowest BCUT2D eigenvalue weighted by Crippen LogP contribution is -2.31. The second-order valence-electron chi connectivity index (χ2n) is 6.14. The van der Waals surface area contributed by atoms with Gasteiger partial charge in [0.15, 0.2) is 0 Å². The Balaban J connectivity index is 0.00000161. The molecule has 2 aliphatic heterocycles. The van der Waals surface area contributed by atoms with Crippen molar-refractivity contribution in [2.24, 2.45) is 5.41 Å². The number of para-hydroxylation sites is 1. The van der Waals surface area contributed by atoms with Crippen LogP contribution in [-0.2, 0) is 0 Å². The molecule has 116 valence electrons. The van der Waals surface area contributed by atoms with Gasteiger partial charge in [0, 0.05) is 30.8 Å². The van der Waals surface area contributed by atoms with E-state index < -0.39 is 0 Å². The summed E-state index contributed by atoms with van der Waals surface area (Å²) in [5, 5.41) is 14.6. The van der Waals surface area contributed by atoms with Gasteiger partial charge in [0.05, 0.1) is 4.92 Å². The first-order chi connectivity index (χ1) is 9.61. The van der Waals surface area contributed by atoms with Gasteiger partial charge in [-0.3, -0.25) is 15.0 Å². The highest BCUT2D eigenvalue weighted by Crippen LogP contribution is 2.40. The van der Waals surface area contributed by atoms with Crippen LogP contribution in [0.3, 0.4) is 0 Å². The van der Waals surface area contributed by atoms with E-state index in [-0.39, 0.29) is 29.1 Å². The van der Waals surface area contributed by atoms with E-state index >= 15 is 0 Å². The quantitative estimate of drug-likeness (QED) is 0.689. The van der Waals surface area contributed by atoms with Gasteiger partial charge in [-0.2, -0.15) is 0 Å². The number of hydrogen-bond acceptors (Lipinski definition) is 4. The molecule has 2 saturated heterocycles. The molecule has 2 atom stereocenters. The van der Waals surface area contributed by atoms with Gasteiger partial charge in [0.1, 0.15) is 0 Å². The molecule has 0 saturated carbocycles. The summed E-state index contributed by atoms with van der Waals surface area (Å²) in [6, 6.07) is 7.23. The Kier molecular flexibility index (Phi) is 4.86. The van der Waals surface area contributed by atoms with Crippen LogP contribution in [0.15, 0.2) is 24.3 Å². The third kappa shape index (κ3) is 3.05. The molecule has 6 heteroatoms. The van der Waals surface area contributed by atoms with Crippen molar-refractivity contribution in [3.8, 4) is 0 Å². The van der Waals surface area contributed by atoms with Crippen molar-refractivity contribution in [1.82, 2.24) is 10.2 Å². The summed E-state index contributed by atoms with van der Waals surface area (Å²) in [5.74, 6) is 0. The Hall–Kier alpha value is -1.17. The fraction of sp³-hybridized carbons (Fsp3) is 0.600. The molecule has 5 nitrogen and oxygen atoms in total. The molecule has 2 unspecified atom stereocenters. The summed E-state index contributed by atoms with van der Waals surface area (Å²) in [4.78, 5) is 13.3. The van der Waals surface area contributed by atoms with Crippen LogP contribution in [0.5, 0.6) is 0 Å². The molecular formula is C15H22ClN3O2. The van der Waals surface area contributed by atoms with Gasteiger partial charge in [0.2, 0.25) is 0 Å². The molecule has 0 radical (unpaired) electrons. The Morgan fingerprint density at radius 2 is 2.14 bits per heavy atom. The zero-order valence-electron chi connectivity index (χ0n) is 12.2. The van der Waals surface area contributed by atoms with Crippen LogP contribution in [0.2, 0.25) is 0 Å². The number of benzene rings is 1. The highest BCUT2D eigenvalue weighted by Gasteiger charge is 2.42. The van der Waals surface area contributed by atoms with Crippen molar-refractivity contribution in [3.05, 3.63) is 39.9 Å². The van der Waals surface area contributed by atoms with E-state index in [4.69, 9.17) is 0 Å². The van der Waals surface area contributed by atoms with E-state index in [9.17, 15) is 10.1 Å². The molecule has 0 aliphatic carbocycles. The van der Waals surface area contributed by atoms with Gasteiger partial charge in [0.25, 0.3) is 5.69 Å². The predicted octanol–water partition coefficient (Wildman–Crippen LogP) is 2.76. The zero-order valence-corrected chi connectivity index (χ0v) is 13.1. The second kappa shape index (κ2) is 6.30. The molecule has 1 aromatic rings. The van der Waals surface area contributed by atoms with E-state index in [2.05, 4.69) is 17.1 Å². The van der Waals surface area contributed by atoms with Gasteiger partial charge in [-0.25, -0.2) is 0 Å². The monoisotopic (exact) mass is 311 g/mol. The third-order valence-electron chi connectivity index (χ3n) is 4.93. The fourth-order valence-electron chi connectivity index (χ4n) is 3.65. The molecule has 2 fully saturated rings. The molecule has 2 heterocycles. The van der Waals surface area contributed by atoms with Gasteiger partial charge in [-0.15, -0.1) is 12.4 Å². The van der Waals surface area contributed by atoms with Crippen LogP contribution in [0, 0.1) is 15.5 Å². The number of nitrogens with one attached hydrogen (secondary N) is 1. The average Bonchev–Trinajstić information content (AvgIpc) is 3.09. The van der Waals surface area contributed by atoms with Crippen molar-refractivity contribution in [3.63, 3.8) is 0 Å². The lowest BCUT2D eigenvalue weighted by Gasteiger charge is -2.27. The van der Waals surface area contributed by atoms with E-state index in [1.165, 1.54) is 12.8 Å². The van der Waals surface area contributed by atoms with Gasteiger partial charge in [-0.05, 0) is 38.3 Å². The molecule has 0 amide bonds. The topological polar surface area (TPSA) is 58.4 Å². The lowest BCUT2D eigenvalue weighted by molar-refractivity contribution is -0.386. The van der Waals surface area contributed by atoms with Crippen molar-refractivity contribution >= 4 is 18.1 Å². The van der Waals surface area contributed by atoms with E-state index in [1.807, 2.05) is 12.1 Å². The minimum absolute atomic E-state index is 0. The third-order valence-corrected chi connectivity index (χ3v) is 4.93. The normalized spacial score (nSPS) is 26.7. The maximum atomic E-state index is 11.2. The fourth-order valence-corrected chi connectivity index (χ4v) is 3.65. The Bertz CT molecular complexity index is 517. The molecule has 3 rings (SSSR count). The van der Waals surface area contributed by atoms with Crippen LogP contribution >= 0.6 is 12.4 Å². The number of nitrogens with zero attached hydrogens (tertiary/aromatic N) is 2. The number of nitro groups is 1. The van der Waals surface area contributed by atoms with Crippen LogP contribution in [-0.4, -0.2) is 36.0 Å². The molecule has 1 N–H and O–H groups in total. The van der Waals surface area contributed by atoms with Crippen LogP contribution in [0.25, 0.3) is 0 Å². The largest absolute Gasteiger partial charge is 0.316 e. The number of hydrogen-bond donors (Lipinski definition) is 1. The summed E-state index contributed by atoms with van der Waals surface area (Å²) >= 11 is 0. The standard InChI is InChI=1S/C15H21N3O2.ClH/c1-12(13-4-2-3-5-14(13)18(19)20)17-9-7-15(11-17)6-8-16-10-15;/h2-5,12,16H,6-11H2,1H3;1H. The highest BCUT2D eigenvalue weighted by molar-refractivity contribution is 5.85. The Morgan fingerprint density at radius 1 is 1.38 bits per heavy atom. The maximum absolute atomic E-state index is 11.2. The van der Waals surface area contributed by atoms with Crippen LogP contribution < -0.4 is 5.32 Å². The van der Waals surface area contributed by atoms with Crippen LogP contribution in [0.1, 0.15) is 31.4 Å². The second-order valence-corrected chi connectivity index (χ2v) is 6.14. The van der Waals surface area contributed by atoms with Crippen LogP contribution in [0.4, 0.5) is 5.69 Å². The molecule has 2 aliphatic rings. The average molecular weight is 312 g/mol. The highest BCUT2D eigenvalue weighted by atomic mass is 35.5. The molecule has 1 aromatic carbocycles. The first-order valence-corrected chi connectivity index (χ1v) is 7.29. The summed E-state index contributed by atoms with van der Waals surface area (Å²) in [6.45, 7) is 6.37.